The Hall–Kier alpha value is -2.23. The van der Waals surface area contributed by atoms with Gasteiger partial charge in [0, 0.05) is 17.1 Å². The van der Waals surface area contributed by atoms with Crippen molar-refractivity contribution in [3.05, 3.63) is 50.3 Å². The second-order valence-corrected chi connectivity index (χ2v) is 8.48. The summed E-state index contributed by atoms with van der Waals surface area (Å²) in [6.07, 6.45) is 0. The maximum absolute atomic E-state index is 12.6. The fraction of sp³-hybridized carbons (Fsp3) is 0.350. The highest BCUT2D eigenvalue weighted by atomic mass is 79.9. The van der Waals surface area contributed by atoms with E-state index in [2.05, 4.69) is 26.6 Å². The molecule has 0 fully saturated rings. The van der Waals surface area contributed by atoms with Crippen LogP contribution in [0.2, 0.25) is 0 Å². The molecular weight excluding hydrogens is 458 g/mol. The number of quaternary nitrogens is 1. The largest absolute Gasteiger partial charge is 0.462 e. The molecule has 0 bridgehead atoms. The summed E-state index contributed by atoms with van der Waals surface area (Å²) < 4.78 is 6.11. The molecule has 0 aliphatic carbocycles. The molecule has 156 valence electrons. The Labute approximate surface area is 182 Å². The lowest BCUT2D eigenvalue weighted by Crippen LogP contribution is -3.08. The average molecular weight is 483 g/mol. The maximum atomic E-state index is 12.6. The molecule has 1 aromatic heterocycles. The minimum atomic E-state index is -0.553. The minimum absolute atomic E-state index is 0.205. The second-order valence-electron chi connectivity index (χ2n) is 6.55. The van der Waals surface area contributed by atoms with Gasteiger partial charge < -0.3 is 20.3 Å². The van der Waals surface area contributed by atoms with E-state index in [1.807, 2.05) is 31.3 Å². The first-order valence-electron chi connectivity index (χ1n) is 9.15. The van der Waals surface area contributed by atoms with Gasteiger partial charge in [0.1, 0.15) is 11.5 Å². The highest BCUT2D eigenvalue weighted by molar-refractivity contribution is 9.10. The van der Waals surface area contributed by atoms with Crippen molar-refractivity contribution in [3.63, 3.8) is 0 Å². The van der Waals surface area contributed by atoms with E-state index in [9.17, 15) is 14.4 Å². The standard InChI is InChI=1S/C20H24BrN3O4S/c1-5-28-20(27)16-12(2)17(18(26)22-3)29-19(16)23-15(25)11-24(4)10-13-6-8-14(21)9-7-13/h6-9H,5,10-11H2,1-4H3,(H,22,26)(H,23,25)/p+1. The number of nitrogens with one attached hydrogen (secondary N) is 3. The number of carbonyl (C=O) groups excluding carboxylic acids is 3. The van der Waals surface area contributed by atoms with Crippen LogP contribution in [0.4, 0.5) is 5.00 Å². The van der Waals surface area contributed by atoms with E-state index in [4.69, 9.17) is 4.74 Å². The van der Waals surface area contributed by atoms with Gasteiger partial charge in [-0.2, -0.15) is 0 Å². The number of amides is 2. The van der Waals surface area contributed by atoms with Crippen LogP contribution in [-0.4, -0.2) is 45.0 Å². The molecule has 3 N–H and O–H groups in total. The number of carbonyl (C=O) groups is 3. The van der Waals surface area contributed by atoms with Gasteiger partial charge in [0.2, 0.25) is 0 Å². The molecule has 1 atom stereocenters. The zero-order valence-corrected chi connectivity index (χ0v) is 19.3. The summed E-state index contributed by atoms with van der Waals surface area (Å²) >= 11 is 4.48. The first-order chi connectivity index (χ1) is 13.8. The van der Waals surface area contributed by atoms with Crippen molar-refractivity contribution >= 4 is 50.1 Å². The van der Waals surface area contributed by atoms with E-state index in [1.165, 1.54) is 7.05 Å². The molecule has 29 heavy (non-hydrogen) atoms. The van der Waals surface area contributed by atoms with Crippen LogP contribution < -0.4 is 15.5 Å². The molecule has 0 radical (unpaired) electrons. The predicted octanol–water partition coefficient (Wildman–Crippen LogP) is 2.01. The first-order valence-corrected chi connectivity index (χ1v) is 10.8. The molecule has 1 aromatic carbocycles. The average Bonchev–Trinajstić information content (AvgIpc) is 2.98. The monoisotopic (exact) mass is 482 g/mol. The number of hydrogen-bond donors (Lipinski definition) is 3. The number of halogens is 1. The van der Waals surface area contributed by atoms with Crippen LogP contribution in [-0.2, 0) is 16.1 Å². The lowest BCUT2D eigenvalue weighted by molar-refractivity contribution is -0.885. The van der Waals surface area contributed by atoms with Gasteiger partial charge in [0.15, 0.2) is 6.54 Å². The van der Waals surface area contributed by atoms with Gasteiger partial charge in [-0.25, -0.2) is 4.79 Å². The van der Waals surface area contributed by atoms with Crippen LogP contribution in [0.3, 0.4) is 0 Å². The Morgan fingerprint density at radius 3 is 2.45 bits per heavy atom. The van der Waals surface area contributed by atoms with E-state index in [1.54, 1.807) is 13.8 Å². The third-order valence-electron chi connectivity index (χ3n) is 4.19. The van der Waals surface area contributed by atoms with E-state index in [-0.39, 0.29) is 30.5 Å². The quantitative estimate of drug-likeness (QED) is 0.502. The van der Waals surface area contributed by atoms with Crippen molar-refractivity contribution in [2.75, 3.05) is 32.6 Å². The van der Waals surface area contributed by atoms with Gasteiger partial charge in [-0.3, -0.25) is 9.59 Å². The Bertz CT molecular complexity index is 896. The number of thiophene rings is 1. The van der Waals surface area contributed by atoms with Crippen molar-refractivity contribution in [2.24, 2.45) is 0 Å². The summed E-state index contributed by atoms with van der Waals surface area (Å²) in [6, 6.07) is 7.93. The summed E-state index contributed by atoms with van der Waals surface area (Å²) in [5.41, 5.74) is 1.84. The molecule has 2 aromatic rings. The van der Waals surface area contributed by atoms with Crippen LogP contribution in [0.25, 0.3) is 0 Å². The molecule has 0 aliphatic rings. The van der Waals surface area contributed by atoms with Crippen molar-refractivity contribution < 1.29 is 24.0 Å². The summed E-state index contributed by atoms with van der Waals surface area (Å²) in [5.74, 6) is -1.10. The lowest BCUT2D eigenvalue weighted by Gasteiger charge is -2.14. The smallest absolute Gasteiger partial charge is 0.341 e. The fourth-order valence-corrected chi connectivity index (χ4v) is 4.26. The number of ether oxygens (including phenoxy) is 1. The van der Waals surface area contributed by atoms with Gasteiger partial charge in [-0.1, -0.05) is 28.1 Å². The van der Waals surface area contributed by atoms with E-state index in [0.29, 0.717) is 22.0 Å². The molecule has 0 saturated carbocycles. The predicted molar refractivity (Wildman–Crippen MR) is 117 cm³/mol. The third kappa shape index (κ3) is 6.12. The van der Waals surface area contributed by atoms with E-state index < -0.39 is 5.97 Å². The van der Waals surface area contributed by atoms with Gasteiger partial charge in [-0.15, -0.1) is 11.3 Å². The molecule has 1 unspecified atom stereocenters. The Morgan fingerprint density at radius 1 is 1.21 bits per heavy atom. The first kappa shape index (κ1) is 23.1. The van der Waals surface area contributed by atoms with Crippen molar-refractivity contribution in [1.82, 2.24) is 5.32 Å². The second kappa shape index (κ2) is 10.5. The highest BCUT2D eigenvalue weighted by Gasteiger charge is 2.26. The topological polar surface area (TPSA) is 88.9 Å². The zero-order valence-electron chi connectivity index (χ0n) is 16.8. The molecule has 0 saturated heterocycles. The van der Waals surface area contributed by atoms with E-state index in [0.717, 1.165) is 26.3 Å². The van der Waals surface area contributed by atoms with Crippen molar-refractivity contribution in [1.29, 1.82) is 0 Å². The molecule has 1 heterocycles. The van der Waals surface area contributed by atoms with Crippen LogP contribution >= 0.6 is 27.3 Å². The number of likely N-dealkylation sites (N-methyl/N-ethyl adjacent to an activating group) is 1. The van der Waals surface area contributed by atoms with Crippen molar-refractivity contribution in [2.45, 2.75) is 20.4 Å². The molecule has 2 amide bonds. The SMILES string of the molecule is CCOC(=O)c1c(NC(=O)C[NH+](C)Cc2ccc(Br)cc2)sc(C(=O)NC)c1C. The molecule has 0 aliphatic heterocycles. The van der Waals surface area contributed by atoms with Gasteiger partial charge in [0.05, 0.1) is 24.1 Å². The minimum Gasteiger partial charge on any atom is -0.462 e. The van der Waals surface area contributed by atoms with Crippen LogP contribution in [0.1, 0.15) is 38.1 Å². The third-order valence-corrected chi connectivity index (χ3v) is 5.93. The number of anilines is 1. The number of benzene rings is 1. The van der Waals surface area contributed by atoms with Crippen LogP contribution in [0.15, 0.2) is 28.7 Å². The Balaban J connectivity index is 2.14. The van der Waals surface area contributed by atoms with Crippen molar-refractivity contribution in [3.8, 4) is 0 Å². The molecule has 0 spiro atoms. The molecular formula is C20H25BrN3O4S+. The molecule has 9 heteroatoms. The summed E-state index contributed by atoms with van der Waals surface area (Å²) in [4.78, 5) is 38.4. The van der Waals surface area contributed by atoms with Gasteiger partial charge in [-0.05, 0) is 31.5 Å². The maximum Gasteiger partial charge on any atom is 0.341 e. The lowest BCUT2D eigenvalue weighted by atomic mass is 10.1. The summed E-state index contributed by atoms with van der Waals surface area (Å²) in [7, 11) is 3.44. The Morgan fingerprint density at radius 2 is 1.86 bits per heavy atom. The summed E-state index contributed by atoms with van der Waals surface area (Å²) in [6.45, 7) is 4.48. The van der Waals surface area contributed by atoms with Crippen LogP contribution in [0.5, 0.6) is 0 Å². The van der Waals surface area contributed by atoms with Gasteiger partial charge >= 0.3 is 5.97 Å². The normalized spacial score (nSPS) is 11.6. The van der Waals surface area contributed by atoms with Gasteiger partial charge in [0.25, 0.3) is 11.8 Å². The molecule has 2 rings (SSSR count). The Kier molecular flexibility index (Phi) is 8.36. The fourth-order valence-electron chi connectivity index (χ4n) is 2.84. The van der Waals surface area contributed by atoms with E-state index >= 15 is 0 Å². The zero-order chi connectivity index (χ0) is 21.6. The number of esters is 1. The molecule has 7 nitrogen and oxygen atoms in total. The number of hydrogen-bond acceptors (Lipinski definition) is 5. The number of rotatable bonds is 8. The highest BCUT2D eigenvalue weighted by Crippen LogP contribution is 2.33. The van der Waals surface area contributed by atoms with Crippen LogP contribution in [0, 0.1) is 6.92 Å². The summed E-state index contributed by atoms with van der Waals surface area (Å²) in [5, 5.41) is 5.67.